The molecule has 0 aromatic heterocycles. The van der Waals surface area contributed by atoms with Gasteiger partial charge < -0.3 is 4.74 Å². The maximum Gasteiger partial charge on any atom is 0.0471 e. The van der Waals surface area contributed by atoms with Crippen LogP contribution >= 0.6 is 0 Å². The lowest BCUT2D eigenvalue weighted by Crippen LogP contribution is -2.36. The zero-order valence-electron chi connectivity index (χ0n) is 10.6. The van der Waals surface area contributed by atoms with Crippen molar-refractivity contribution >= 4 is 0 Å². The first-order valence-electron chi connectivity index (χ1n) is 6.60. The summed E-state index contributed by atoms with van der Waals surface area (Å²) < 4.78 is 5.49. The minimum Gasteiger partial charge on any atom is -0.381 e. The van der Waals surface area contributed by atoms with E-state index >= 15 is 0 Å². The molecule has 1 saturated heterocycles. The minimum atomic E-state index is 0.521. The molecule has 0 aromatic carbocycles. The highest BCUT2D eigenvalue weighted by molar-refractivity contribution is 4.90. The van der Waals surface area contributed by atoms with Crippen molar-refractivity contribution in [2.75, 3.05) is 13.2 Å². The molecule has 1 nitrogen and oxygen atoms in total. The molecule has 0 aromatic rings. The molecule has 15 heavy (non-hydrogen) atoms. The standard InChI is InChI=1S/C14H26O/c1-13(2,3)12-4-6-14(7-5-12)8-10-15-11-9-14/h12H,4-11H2,1-3H3. The van der Waals surface area contributed by atoms with E-state index in [9.17, 15) is 0 Å². The number of hydrogen-bond donors (Lipinski definition) is 0. The molecule has 1 saturated carbocycles. The average Bonchev–Trinajstić information content (AvgIpc) is 2.18. The molecule has 0 N–H and O–H groups in total. The largest absolute Gasteiger partial charge is 0.381 e. The van der Waals surface area contributed by atoms with Crippen molar-refractivity contribution in [3.63, 3.8) is 0 Å². The Balaban J connectivity index is 1.91. The van der Waals surface area contributed by atoms with E-state index < -0.39 is 0 Å². The number of hydrogen-bond acceptors (Lipinski definition) is 1. The summed E-state index contributed by atoms with van der Waals surface area (Å²) in [5.41, 5.74) is 1.20. The molecule has 0 atom stereocenters. The third kappa shape index (κ3) is 2.55. The monoisotopic (exact) mass is 210 g/mol. The van der Waals surface area contributed by atoms with Gasteiger partial charge in [0.15, 0.2) is 0 Å². The van der Waals surface area contributed by atoms with E-state index in [1.165, 1.54) is 38.5 Å². The van der Waals surface area contributed by atoms with Crippen LogP contribution in [0.25, 0.3) is 0 Å². The summed E-state index contributed by atoms with van der Waals surface area (Å²) in [5.74, 6) is 0.950. The van der Waals surface area contributed by atoms with E-state index in [0.717, 1.165) is 19.1 Å². The second-order valence-corrected chi connectivity index (χ2v) is 6.75. The van der Waals surface area contributed by atoms with E-state index in [-0.39, 0.29) is 0 Å². The molecule has 1 spiro atoms. The first-order valence-corrected chi connectivity index (χ1v) is 6.60. The topological polar surface area (TPSA) is 9.23 Å². The van der Waals surface area contributed by atoms with Gasteiger partial charge in [-0.15, -0.1) is 0 Å². The Kier molecular flexibility index (Phi) is 3.12. The van der Waals surface area contributed by atoms with E-state index in [4.69, 9.17) is 4.74 Å². The van der Waals surface area contributed by atoms with E-state index in [1.807, 2.05) is 0 Å². The summed E-state index contributed by atoms with van der Waals surface area (Å²) in [6.07, 6.45) is 8.46. The Bertz CT molecular complexity index is 198. The van der Waals surface area contributed by atoms with Gasteiger partial charge in [0.1, 0.15) is 0 Å². The van der Waals surface area contributed by atoms with Crippen LogP contribution in [0.1, 0.15) is 59.3 Å². The molecule has 0 bridgehead atoms. The van der Waals surface area contributed by atoms with Crippen molar-refractivity contribution in [1.29, 1.82) is 0 Å². The van der Waals surface area contributed by atoms with Crippen molar-refractivity contribution in [1.82, 2.24) is 0 Å². The quantitative estimate of drug-likeness (QED) is 0.587. The Labute approximate surface area is 94.6 Å². The molecule has 1 aliphatic heterocycles. The van der Waals surface area contributed by atoms with Crippen molar-refractivity contribution in [2.45, 2.75) is 59.3 Å². The van der Waals surface area contributed by atoms with Crippen LogP contribution < -0.4 is 0 Å². The van der Waals surface area contributed by atoms with Crippen molar-refractivity contribution < 1.29 is 4.74 Å². The molecular formula is C14H26O. The van der Waals surface area contributed by atoms with E-state index in [2.05, 4.69) is 20.8 Å². The fraction of sp³-hybridized carbons (Fsp3) is 1.00. The van der Waals surface area contributed by atoms with Gasteiger partial charge in [-0.25, -0.2) is 0 Å². The van der Waals surface area contributed by atoms with E-state index in [1.54, 1.807) is 0 Å². The highest BCUT2D eigenvalue weighted by atomic mass is 16.5. The summed E-state index contributed by atoms with van der Waals surface area (Å²) in [7, 11) is 0. The zero-order chi connectivity index (χ0) is 10.9. The van der Waals surface area contributed by atoms with Gasteiger partial charge in [0, 0.05) is 13.2 Å². The second-order valence-electron chi connectivity index (χ2n) is 6.75. The molecule has 0 radical (unpaired) electrons. The lowest BCUT2D eigenvalue weighted by molar-refractivity contribution is -0.0232. The molecule has 88 valence electrons. The van der Waals surface area contributed by atoms with Crippen LogP contribution in [0.3, 0.4) is 0 Å². The number of ether oxygens (including phenoxy) is 1. The van der Waals surface area contributed by atoms with Gasteiger partial charge in [0.05, 0.1) is 0 Å². The van der Waals surface area contributed by atoms with Gasteiger partial charge >= 0.3 is 0 Å². The molecule has 1 heteroatoms. The molecular weight excluding hydrogens is 184 g/mol. The summed E-state index contributed by atoms with van der Waals surface area (Å²) in [5, 5.41) is 0. The fourth-order valence-corrected chi connectivity index (χ4v) is 3.40. The molecule has 0 unspecified atom stereocenters. The Morgan fingerprint density at radius 2 is 1.47 bits per heavy atom. The maximum absolute atomic E-state index is 5.49. The molecule has 2 rings (SSSR count). The van der Waals surface area contributed by atoms with Gasteiger partial charge in [-0.2, -0.15) is 0 Å². The third-order valence-corrected chi connectivity index (χ3v) is 4.82. The predicted molar refractivity (Wildman–Crippen MR) is 63.9 cm³/mol. The normalized spacial score (nSPS) is 28.2. The van der Waals surface area contributed by atoms with E-state index in [0.29, 0.717) is 10.8 Å². The zero-order valence-corrected chi connectivity index (χ0v) is 10.6. The van der Waals surface area contributed by atoms with Crippen LogP contribution in [0.5, 0.6) is 0 Å². The minimum absolute atomic E-state index is 0.521. The first-order chi connectivity index (χ1) is 7.02. The van der Waals surface area contributed by atoms with Gasteiger partial charge in [0.25, 0.3) is 0 Å². The Morgan fingerprint density at radius 3 is 1.93 bits per heavy atom. The highest BCUT2D eigenvalue weighted by Gasteiger charge is 2.39. The lowest BCUT2D eigenvalue weighted by atomic mass is 9.62. The van der Waals surface area contributed by atoms with Crippen molar-refractivity contribution in [3.8, 4) is 0 Å². The van der Waals surface area contributed by atoms with Crippen LogP contribution in [-0.2, 0) is 4.74 Å². The van der Waals surface area contributed by atoms with Gasteiger partial charge in [-0.3, -0.25) is 0 Å². The Morgan fingerprint density at radius 1 is 0.933 bits per heavy atom. The van der Waals surface area contributed by atoms with Crippen LogP contribution in [0.15, 0.2) is 0 Å². The predicted octanol–water partition coefficient (Wildman–Crippen LogP) is 4.02. The lowest BCUT2D eigenvalue weighted by Gasteiger charge is -2.46. The summed E-state index contributed by atoms with van der Waals surface area (Å²) >= 11 is 0. The smallest absolute Gasteiger partial charge is 0.0471 e. The summed E-state index contributed by atoms with van der Waals surface area (Å²) in [6, 6.07) is 0. The van der Waals surface area contributed by atoms with Crippen LogP contribution in [0, 0.1) is 16.7 Å². The van der Waals surface area contributed by atoms with Crippen molar-refractivity contribution in [2.24, 2.45) is 16.7 Å². The second kappa shape index (κ2) is 4.08. The molecule has 2 aliphatic rings. The summed E-state index contributed by atoms with van der Waals surface area (Å²) in [4.78, 5) is 0. The van der Waals surface area contributed by atoms with Crippen LogP contribution in [0.4, 0.5) is 0 Å². The average molecular weight is 210 g/mol. The van der Waals surface area contributed by atoms with Crippen LogP contribution in [-0.4, -0.2) is 13.2 Å². The number of rotatable bonds is 0. The molecule has 1 aliphatic carbocycles. The first kappa shape index (κ1) is 11.4. The molecule has 1 heterocycles. The van der Waals surface area contributed by atoms with Crippen molar-refractivity contribution in [3.05, 3.63) is 0 Å². The van der Waals surface area contributed by atoms with Gasteiger partial charge in [-0.05, 0) is 55.3 Å². The SMILES string of the molecule is CC(C)(C)C1CCC2(CCOCC2)CC1. The highest BCUT2D eigenvalue weighted by Crippen LogP contribution is 2.49. The molecule has 0 amide bonds. The maximum atomic E-state index is 5.49. The fourth-order valence-electron chi connectivity index (χ4n) is 3.40. The molecule has 2 fully saturated rings. The van der Waals surface area contributed by atoms with Gasteiger partial charge in [-0.1, -0.05) is 20.8 Å². The summed E-state index contributed by atoms with van der Waals surface area (Å²) in [6.45, 7) is 9.24. The third-order valence-electron chi connectivity index (χ3n) is 4.82. The van der Waals surface area contributed by atoms with Crippen LogP contribution in [0.2, 0.25) is 0 Å². The Hall–Kier alpha value is -0.0400. The van der Waals surface area contributed by atoms with Gasteiger partial charge in [0.2, 0.25) is 0 Å².